The molecule has 0 unspecified atom stereocenters. The van der Waals surface area contributed by atoms with Gasteiger partial charge in [-0.05, 0) is 45.4 Å². The van der Waals surface area contributed by atoms with E-state index >= 15 is 0 Å². The largest absolute Gasteiger partial charge is 0.456 e. The molecule has 2 nitrogen and oxygen atoms in total. The fourth-order valence-corrected chi connectivity index (χ4v) is 1.48. The summed E-state index contributed by atoms with van der Waals surface area (Å²) in [5.74, 6) is -1.28. The molecule has 1 aromatic carbocycles. The molecule has 0 saturated heterocycles. The molecule has 0 saturated carbocycles. The van der Waals surface area contributed by atoms with E-state index in [0.29, 0.717) is 10.6 Å². The topological polar surface area (TPSA) is 26.3 Å². The maximum absolute atomic E-state index is 13.6. The zero-order chi connectivity index (χ0) is 12.5. The van der Waals surface area contributed by atoms with Crippen molar-refractivity contribution in [3.05, 3.63) is 34.1 Å². The van der Waals surface area contributed by atoms with E-state index in [0.717, 1.165) is 0 Å². The number of aryl methyl sites for hydroxylation is 1. The molecular formula is C12H14ClFO2. The molecule has 0 aliphatic carbocycles. The number of carbonyl (C=O) groups is 1. The molecule has 0 fully saturated rings. The molecule has 0 N–H and O–H groups in total. The van der Waals surface area contributed by atoms with Crippen LogP contribution in [0.25, 0.3) is 0 Å². The Balaban J connectivity index is 3.09. The number of esters is 1. The monoisotopic (exact) mass is 244 g/mol. The van der Waals surface area contributed by atoms with Gasteiger partial charge in [0.15, 0.2) is 0 Å². The summed E-state index contributed by atoms with van der Waals surface area (Å²) in [7, 11) is 0. The molecule has 1 aromatic rings. The van der Waals surface area contributed by atoms with E-state index in [1.165, 1.54) is 12.1 Å². The van der Waals surface area contributed by atoms with Gasteiger partial charge >= 0.3 is 5.97 Å². The second-order valence-electron chi connectivity index (χ2n) is 4.59. The van der Waals surface area contributed by atoms with Gasteiger partial charge in [0.05, 0.1) is 5.56 Å². The zero-order valence-corrected chi connectivity index (χ0v) is 10.5. The number of ether oxygens (including phenoxy) is 1. The smallest absolute Gasteiger partial charge is 0.341 e. The van der Waals surface area contributed by atoms with E-state index in [4.69, 9.17) is 16.3 Å². The summed E-state index contributed by atoms with van der Waals surface area (Å²) in [6.07, 6.45) is 0. The second kappa shape index (κ2) is 4.42. The van der Waals surface area contributed by atoms with E-state index in [1.54, 1.807) is 27.7 Å². The number of hydrogen-bond donors (Lipinski definition) is 0. The van der Waals surface area contributed by atoms with E-state index in [9.17, 15) is 9.18 Å². The van der Waals surface area contributed by atoms with Crippen molar-refractivity contribution in [3.8, 4) is 0 Å². The van der Waals surface area contributed by atoms with Crippen LogP contribution in [0.3, 0.4) is 0 Å². The lowest BCUT2D eigenvalue weighted by Gasteiger charge is -2.20. The minimum Gasteiger partial charge on any atom is -0.456 e. The minimum atomic E-state index is -0.699. The van der Waals surface area contributed by atoms with Crippen LogP contribution in [-0.4, -0.2) is 11.6 Å². The van der Waals surface area contributed by atoms with E-state index in [1.807, 2.05) is 0 Å². The van der Waals surface area contributed by atoms with Crippen LogP contribution in [0.5, 0.6) is 0 Å². The Labute approximate surface area is 99.4 Å². The van der Waals surface area contributed by atoms with Gasteiger partial charge < -0.3 is 4.74 Å². The SMILES string of the molecule is Cc1cc(Cl)cc(C(=O)OC(C)(C)C)c1F. The Morgan fingerprint density at radius 1 is 1.38 bits per heavy atom. The maximum atomic E-state index is 13.6. The highest BCUT2D eigenvalue weighted by Gasteiger charge is 2.22. The first kappa shape index (κ1) is 13.0. The van der Waals surface area contributed by atoms with Crippen molar-refractivity contribution in [2.45, 2.75) is 33.3 Å². The predicted molar refractivity (Wildman–Crippen MR) is 61.3 cm³/mol. The summed E-state index contributed by atoms with van der Waals surface area (Å²) in [6, 6.07) is 2.74. The third-order valence-electron chi connectivity index (χ3n) is 1.84. The lowest BCUT2D eigenvalue weighted by Crippen LogP contribution is -2.24. The number of carbonyl (C=O) groups excluding carboxylic acids is 1. The molecule has 0 aliphatic heterocycles. The Kier molecular flexibility index (Phi) is 3.58. The first-order valence-corrected chi connectivity index (χ1v) is 5.27. The van der Waals surface area contributed by atoms with Crippen LogP contribution in [0.15, 0.2) is 12.1 Å². The molecule has 88 valence electrons. The van der Waals surface area contributed by atoms with Gasteiger partial charge in [0.1, 0.15) is 11.4 Å². The molecule has 0 heterocycles. The Morgan fingerprint density at radius 3 is 2.44 bits per heavy atom. The molecule has 4 heteroatoms. The number of halogens is 2. The normalized spacial score (nSPS) is 11.4. The van der Waals surface area contributed by atoms with Gasteiger partial charge in [0.25, 0.3) is 0 Å². The van der Waals surface area contributed by atoms with Crippen molar-refractivity contribution in [2.24, 2.45) is 0 Å². The van der Waals surface area contributed by atoms with Crippen molar-refractivity contribution in [2.75, 3.05) is 0 Å². The Morgan fingerprint density at radius 2 is 1.94 bits per heavy atom. The van der Waals surface area contributed by atoms with Gasteiger partial charge in [-0.1, -0.05) is 11.6 Å². The van der Waals surface area contributed by atoms with Crippen LogP contribution in [0.4, 0.5) is 4.39 Å². The molecule has 0 aromatic heterocycles. The van der Waals surface area contributed by atoms with E-state index in [2.05, 4.69) is 0 Å². The van der Waals surface area contributed by atoms with Crippen LogP contribution in [0.2, 0.25) is 5.02 Å². The van der Waals surface area contributed by atoms with Crippen LogP contribution in [-0.2, 0) is 4.74 Å². The third-order valence-corrected chi connectivity index (χ3v) is 2.06. The van der Waals surface area contributed by atoms with E-state index in [-0.39, 0.29) is 5.56 Å². The maximum Gasteiger partial charge on any atom is 0.341 e. The van der Waals surface area contributed by atoms with Crippen LogP contribution in [0, 0.1) is 12.7 Å². The van der Waals surface area contributed by atoms with Crippen molar-refractivity contribution in [1.29, 1.82) is 0 Å². The van der Waals surface area contributed by atoms with E-state index < -0.39 is 17.4 Å². The molecular weight excluding hydrogens is 231 g/mol. The van der Waals surface area contributed by atoms with Gasteiger partial charge in [-0.15, -0.1) is 0 Å². The Hall–Kier alpha value is -1.09. The molecule has 0 amide bonds. The van der Waals surface area contributed by atoms with Gasteiger partial charge in [0.2, 0.25) is 0 Å². The summed E-state index contributed by atoms with van der Waals surface area (Å²) >= 11 is 5.76. The van der Waals surface area contributed by atoms with Crippen molar-refractivity contribution in [3.63, 3.8) is 0 Å². The molecule has 0 radical (unpaired) electrons. The van der Waals surface area contributed by atoms with Crippen molar-refractivity contribution >= 4 is 17.6 Å². The summed E-state index contributed by atoms with van der Waals surface area (Å²) in [4.78, 5) is 11.7. The lowest BCUT2D eigenvalue weighted by molar-refractivity contribution is 0.00645. The second-order valence-corrected chi connectivity index (χ2v) is 5.02. The molecule has 0 bridgehead atoms. The average molecular weight is 245 g/mol. The number of rotatable bonds is 1. The van der Waals surface area contributed by atoms with Gasteiger partial charge in [-0.25, -0.2) is 9.18 Å². The van der Waals surface area contributed by atoms with Gasteiger partial charge in [-0.2, -0.15) is 0 Å². The molecule has 0 spiro atoms. The standard InChI is InChI=1S/C12H14ClFO2/c1-7-5-8(13)6-9(10(7)14)11(15)16-12(2,3)4/h5-6H,1-4H3. The van der Waals surface area contributed by atoms with Crippen molar-refractivity contribution in [1.82, 2.24) is 0 Å². The zero-order valence-electron chi connectivity index (χ0n) is 9.73. The molecule has 0 aliphatic rings. The van der Waals surface area contributed by atoms with Crippen LogP contribution in [0.1, 0.15) is 36.7 Å². The fraction of sp³-hybridized carbons (Fsp3) is 0.417. The summed E-state index contributed by atoms with van der Waals surface area (Å²) in [5.41, 5.74) is -0.451. The predicted octanol–water partition coefficient (Wildman–Crippen LogP) is 3.74. The Bertz CT molecular complexity index is 422. The lowest BCUT2D eigenvalue weighted by atomic mass is 10.1. The molecule has 0 atom stereocenters. The first-order chi connectivity index (χ1) is 7.20. The molecule has 16 heavy (non-hydrogen) atoms. The quantitative estimate of drug-likeness (QED) is 0.704. The van der Waals surface area contributed by atoms with Crippen molar-refractivity contribution < 1.29 is 13.9 Å². The first-order valence-electron chi connectivity index (χ1n) is 4.90. The number of benzene rings is 1. The third kappa shape index (κ3) is 3.20. The van der Waals surface area contributed by atoms with Gasteiger partial charge in [0, 0.05) is 5.02 Å². The highest BCUT2D eigenvalue weighted by Crippen LogP contribution is 2.21. The highest BCUT2D eigenvalue weighted by molar-refractivity contribution is 6.31. The highest BCUT2D eigenvalue weighted by atomic mass is 35.5. The average Bonchev–Trinajstić information content (AvgIpc) is 2.08. The minimum absolute atomic E-state index is 0.125. The number of hydrogen-bond acceptors (Lipinski definition) is 2. The van der Waals surface area contributed by atoms with Crippen LogP contribution < -0.4 is 0 Å². The summed E-state index contributed by atoms with van der Waals surface area (Å²) in [6.45, 7) is 6.72. The van der Waals surface area contributed by atoms with Crippen LogP contribution >= 0.6 is 11.6 Å². The fourth-order valence-electron chi connectivity index (χ4n) is 1.21. The summed E-state index contributed by atoms with van der Waals surface area (Å²) in [5, 5.41) is 0.319. The van der Waals surface area contributed by atoms with Gasteiger partial charge in [-0.3, -0.25) is 0 Å². The summed E-state index contributed by atoms with van der Waals surface area (Å²) < 4.78 is 18.7. The molecule has 1 rings (SSSR count).